The molecule has 1 aliphatic heterocycles. The van der Waals surface area contributed by atoms with Crippen LogP contribution in [0.1, 0.15) is 33.6 Å². The second-order valence-electron chi connectivity index (χ2n) is 3.24. The van der Waals surface area contributed by atoms with Crippen molar-refractivity contribution >= 4 is 0 Å². The Hall–Kier alpha value is -0.520. The molecule has 0 spiro atoms. The van der Waals surface area contributed by atoms with Crippen LogP contribution in [0.5, 0.6) is 0 Å². The highest BCUT2D eigenvalue weighted by molar-refractivity contribution is 4.65. The van der Waals surface area contributed by atoms with Gasteiger partial charge in [0.2, 0.25) is 0 Å². The third kappa shape index (κ3) is 11.5. The second-order valence-corrected chi connectivity index (χ2v) is 3.24. The van der Waals surface area contributed by atoms with Gasteiger partial charge in [0, 0.05) is 0 Å². The van der Waals surface area contributed by atoms with Gasteiger partial charge >= 0.3 is 0 Å². The monoisotopic (exact) mass is 183 g/mol. The van der Waals surface area contributed by atoms with Crippen molar-refractivity contribution in [3.63, 3.8) is 0 Å². The van der Waals surface area contributed by atoms with Crippen molar-refractivity contribution in [1.29, 1.82) is 0 Å². The minimum atomic E-state index is 0.978. The third-order valence-corrected chi connectivity index (χ3v) is 2.01. The highest BCUT2D eigenvalue weighted by Crippen LogP contribution is 2.13. The van der Waals surface area contributed by atoms with Crippen LogP contribution in [-0.2, 0) is 0 Å². The van der Waals surface area contributed by atoms with E-state index in [-0.39, 0.29) is 0 Å². The molecule has 1 rings (SSSR count). The lowest BCUT2D eigenvalue weighted by Crippen LogP contribution is -2.28. The van der Waals surface area contributed by atoms with Gasteiger partial charge < -0.3 is 4.90 Å². The molecule has 0 unspecified atom stereocenters. The molecule has 0 aromatic rings. The van der Waals surface area contributed by atoms with E-state index in [0.29, 0.717) is 0 Å². The van der Waals surface area contributed by atoms with Crippen molar-refractivity contribution in [2.45, 2.75) is 33.6 Å². The van der Waals surface area contributed by atoms with E-state index in [1.54, 1.807) is 0 Å². The largest absolute Gasteiger partial charge is 0.306 e. The van der Waals surface area contributed by atoms with Crippen LogP contribution in [0.2, 0.25) is 0 Å². The summed E-state index contributed by atoms with van der Waals surface area (Å²) in [7, 11) is 2.20. The fourth-order valence-corrected chi connectivity index (χ4v) is 1.14. The summed E-state index contributed by atoms with van der Waals surface area (Å²) < 4.78 is 0. The lowest BCUT2D eigenvalue weighted by molar-refractivity contribution is 0.230. The van der Waals surface area contributed by atoms with Crippen LogP contribution in [-0.4, -0.2) is 25.0 Å². The summed E-state index contributed by atoms with van der Waals surface area (Å²) in [5, 5.41) is 0. The van der Waals surface area contributed by atoms with Crippen LogP contribution in [0.25, 0.3) is 0 Å². The number of likely N-dealkylation sites (tertiary alicyclic amines) is 1. The molecule has 1 aliphatic rings. The molecule has 78 valence electrons. The summed E-state index contributed by atoms with van der Waals surface area (Å²) in [6.07, 6.45) is 2.80. The number of hydrogen-bond donors (Lipinski definition) is 0. The van der Waals surface area contributed by atoms with Gasteiger partial charge in [-0.15, -0.1) is 5.73 Å². The highest BCUT2D eigenvalue weighted by Gasteiger charge is 2.10. The highest BCUT2D eigenvalue weighted by atomic mass is 15.1. The molecule has 0 saturated carbocycles. The van der Waals surface area contributed by atoms with Gasteiger partial charge in [-0.05, 0) is 38.9 Å². The van der Waals surface area contributed by atoms with Crippen LogP contribution in [0.4, 0.5) is 0 Å². The Kier molecular flexibility index (Phi) is 13.2. The van der Waals surface area contributed by atoms with Crippen LogP contribution in [0.15, 0.2) is 18.9 Å². The molecule has 0 aromatic carbocycles. The molecule has 0 radical (unpaired) electrons. The molecule has 1 saturated heterocycles. The van der Waals surface area contributed by atoms with Gasteiger partial charge in [0.25, 0.3) is 0 Å². The Labute approximate surface area is 84.1 Å². The second kappa shape index (κ2) is 11.5. The van der Waals surface area contributed by atoms with E-state index in [0.717, 1.165) is 5.92 Å². The lowest BCUT2D eigenvalue weighted by atomic mass is 10.00. The normalized spacial score (nSPS) is 17.2. The Balaban J connectivity index is 0. The van der Waals surface area contributed by atoms with Gasteiger partial charge in [0.1, 0.15) is 0 Å². The van der Waals surface area contributed by atoms with Crippen molar-refractivity contribution in [2.75, 3.05) is 20.1 Å². The standard InChI is InChI=1S/C7H15N.C3H4.C2H6/c1-7-3-5-8(2)6-4-7;1-3-2;1-2/h7H,3-6H2,1-2H3;1-2H2;1-2H3. The first-order valence-electron chi connectivity index (χ1n) is 5.18. The van der Waals surface area contributed by atoms with Gasteiger partial charge in [-0.25, -0.2) is 0 Å². The summed E-state index contributed by atoms with van der Waals surface area (Å²) in [6, 6.07) is 0. The minimum absolute atomic E-state index is 0.978. The maximum atomic E-state index is 3.12. The Morgan fingerprint density at radius 1 is 1.15 bits per heavy atom. The predicted molar refractivity (Wildman–Crippen MR) is 62.0 cm³/mol. The zero-order valence-electron chi connectivity index (χ0n) is 9.77. The van der Waals surface area contributed by atoms with Gasteiger partial charge in [-0.1, -0.05) is 33.9 Å². The van der Waals surface area contributed by atoms with Crippen molar-refractivity contribution in [1.82, 2.24) is 4.90 Å². The average Bonchev–Trinajstić information content (AvgIpc) is 2.15. The first kappa shape index (κ1) is 15.0. The summed E-state index contributed by atoms with van der Waals surface area (Å²) in [5.41, 5.74) is 2.25. The molecule has 0 atom stereocenters. The predicted octanol–water partition coefficient (Wildman–Crippen LogP) is 3.33. The van der Waals surface area contributed by atoms with Crippen molar-refractivity contribution < 1.29 is 0 Å². The van der Waals surface area contributed by atoms with E-state index in [2.05, 4.69) is 37.8 Å². The molecular weight excluding hydrogens is 158 g/mol. The van der Waals surface area contributed by atoms with Gasteiger partial charge in [-0.3, -0.25) is 0 Å². The first-order valence-corrected chi connectivity index (χ1v) is 5.18. The number of hydrogen-bond acceptors (Lipinski definition) is 1. The van der Waals surface area contributed by atoms with E-state index in [4.69, 9.17) is 0 Å². The van der Waals surface area contributed by atoms with E-state index in [1.165, 1.54) is 25.9 Å². The lowest BCUT2D eigenvalue weighted by Gasteiger charge is -2.26. The maximum Gasteiger partial charge on any atom is -0.00192 e. The van der Waals surface area contributed by atoms with E-state index >= 15 is 0 Å². The van der Waals surface area contributed by atoms with Crippen molar-refractivity contribution in [3.05, 3.63) is 18.9 Å². The maximum absolute atomic E-state index is 3.12. The number of nitrogens with zero attached hydrogens (tertiary/aromatic N) is 1. The van der Waals surface area contributed by atoms with Crippen LogP contribution in [0, 0.1) is 5.92 Å². The fourth-order valence-electron chi connectivity index (χ4n) is 1.14. The SMILES string of the molecule is C=C=C.CC.CC1CCN(C)CC1. The molecule has 0 aromatic heterocycles. The summed E-state index contributed by atoms with van der Waals surface area (Å²) >= 11 is 0. The van der Waals surface area contributed by atoms with E-state index < -0.39 is 0 Å². The smallest absolute Gasteiger partial charge is 0.00192 e. The number of rotatable bonds is 0. The summed E-state index contributed by atoms with van der Waals surface area (Å²) in [4.78, 5) is 2.40. The van der Waals surface area contributed by atoms with Gasteiger partial charge in [0.15, 0.2) is 0 Å². The molecular formula is C12H25N. The molecule has 0 N–H and O–H groups in total. The minimum Gasteiger partial charge on any atom is -0.306 e. The third-order valence-electron chi connectivity index (χ3n) is 2.01. The van der Waals surface area contributed by atoms with Crippen LogP contribution < -0.4 is 0 Å². The van der Waals surface area contributed by atoms with Crippen LogP contribution >= 0.6 is 0 Å². The topological polar surface area (TPSA) is 3.24 Å². The Morgan fingerprint density at radius 3 is 1.69 bits per heavy atom. The zero-order valence-corrected chi connectivity index (χ0v) is 9.77. The van der Waals surface area contributed by atoms with Crippen LogP contribution in [0.3, 0.4) is 0 Å². The summed E-state index contributed by atoms with van der Waals surface area (Å²) in [5.74, 6) is 0.978. The fraction of sp³-hybridized carbons (Fsp3) is 0.750. The zero-order chi connectivity index (χ0) is 10.7. The summed E-state index contributed by atoms with van der Waals surface area (Å²) in [6.45, 7) is 15.2. The number of piperidine rings is 1. The van der Waals surface area contributed by atoms with Gasteiger partial charge in [0.05, 0.1) is 0 Å². The Morgan fingerprint density at radius 2 is 1.46 bits per heavy atom. The average molecular weight is 183 g/mol. The quantitative estimate of drug-likeness (QED) is 0.521. The molecule has 0 bridgehead atoms. The first-order chi connectivity index (χ1) is 6.20. The molecule has 13 heavy (non-hydrogen) atoms. The van der Waals surface area contributed by atoms with Crippen molar-refractivity contribution in [3.8, 4) is 0 Å². The molecule has 1 heteroatoms. The van der Waals surface area contributed by atoms with E-state index in [1.807, 2.05) is 13.8 Å². The Bertz CT molecular complexity index is 105. The molecule has 1 heterocycles. The van der Waals surface area contributed by atoms with Gasteiger partial charge in [-0.2, -0.15) is 0 Å². The van der Waals surface area contributed by atoms with Crippen molar-refractivity contribution in [2.24, 2.45) is 5.92 Å². The van der Waals surface area contributed by atoms with E-state index in [9.17, 15) is 0 Å². The molecule has 0 aliphatic carbocycles. The molecule has 1 fully saturated rings. The molecule has 0 amide bonds. The molecule has 1 nitrogen and oxygen atoms in total.